The number of hydrogen-bond donors (Lipinski definition) is 2. The monoisotopic (exact) mass is 199 g/mol. The van der Waals surface area contributed by atoms with E-state index in [1.807, 2.05) is 7.05 Å². The van der Waals surface area contributed by atoms with Gasteiger partial charge in [0.1, 0.15) is 0 Å². The SMILES string of the molecule is CCN(CCCNC)C1CCNCC1. The molecule has 0 unspecified atom stereocenters. The Bertz CT molecular complexity index is 132. The summed E-state index contributed by atoms with van der Waals surface area (Å²) < 4.78 is 0. The molecule has 0 amide bonds. The van der Waals surface area contributed by atoms with Gasteiger partial charge in [0.05, 0.1) is 0 Å². The van der Waals surface area contributed by atoms with Crippen LogP contribution in [0.1, 0.15) is 26.2 Å². The van der Waals surface area contributed by atoms with Crippen LogP contribution in [-0.4, -0.2) is 50.7 Å². The van der Waals surface area contributed by atoms with Crippen LogP contribution in [0.4, 0.5) is 0 Å². The molecule has 0 spiro atoms. The molecule has 0 aliphatic carbocycles. The van der Waals surface area contributed by atoms with Crippen LogP contribution in [-0.2, 0) is 0 Å². The van der Waals surface area contributed by atoms with E-state index in [1.165, 1.54) is 45.4 Å². The Morgan fingerprint density at radius 2 is 2.07 bits per heavy atom. The quantitative estimate of drug-likeness (QED) is 0.616. The molecular weight excluding hydrogens is 174 g/mol. The van der Waals surface area contributed by atoms with Gasteiger partial charge in [0, 0.05) is 6.04 Å². The second kappa shape index (κ2) is 7.21. The van der Waals surface area contributed by atoms with Crippen LogP contribution in [0.2, 0.25) is 0 Å². The van der Waals surface area contributed by atoms with Gasteiger partial charge in [0.2, 0.25) is 0 Å². The summed E-state index contributed by atoms with van der Waals surface area (Å²) in [4.78, 5) is 2.64. The molecule has 0 atom stereocenters. The molecular formula is C11H25N3. The van der Waals surface area contributed by atoms with Crippen molar-refractivity contribution in [2.75, 3.05) is 39.8 Å². The molecule has 14 heavy (non-hydrogen) atoms. The van der Waals surface area contributed by atoms with E-state index >= 15 is 0 Å². The van der Waals surface area contributed by atoms with E-state index < -0.39 is 0 Å². The standard InChI is InChI=1S/C11H25N3/c1-3-14(10-4-7-12-2)11-5-8-13-9-6-11/h11-13H,3-10H2,1-2H3. The number of rotatable bonds is 6. The van der Waals surface area contributed by atoms with Gasteiger partial charge in [0.25, 0.3) is 0 Å². The van der Waals surface area contributed by atoms with Gasteiger partial charge < -0.3 is 15.5 Å². The van der Waals surface area contributed by atoms with Crippen LogP contribution in [0.5, 0.6) is 0 Å². The van der Waals surface area contributed by atoms with Crippen molar-refractivity contribution < 1.29 is 0 Å². The third kappa shape index (κ3) is 3.95. The first kappa shape index (κ1) is 12.0. The van der Waals surface area contributed by atoms with Crippen LogP contribution in [0.3, 0.4) is 0 Å². The zero-order valence-electron chi connectivity index (χ0n) is 9.68. The molecule has 0 aromatic rings. The van der Waals surface area contributed by atoms with Gasteiger partial charge >= 0.3 is 0 Å². The third-order valence-electron chi connectivity index (χ3n) is 3.10. The summed E-state index contributed by atoms with van der Waals surface area (Å²) in [5, 5.41) is 6.63. The number of piperidine rings is 1. The highest BCUT2D eigenvalue weighted by molar-refractivity contribution is 4.77. The maximum absolute atomic E-state index is 3.42. The normalized spacial score (nSPS) is 19.1. The van der Waals surface area contributed by atoms with E-state index in [1.54, 1.807) is 0 Å². The van der Waals surface area contributed by atoms with Gasteiger partial charge in [-0.1, -0.05) is 6.92 Å². The predicted molar refractivity (Wildman–Crippen MR) is 61.7 cm³/mol. The lowest BCUT2D eigenvalue weighted by Gasteiger charge is -2.33. The van der Waals surface area contributed by atoms with Crippen LogP contribution < -0.4 is 10.6 Å². The van der Waals surface area contributed by atoms with Crippen molar-refractivity contribution >= 4 is 0 Å². The summed E-state index contributed by atoms with van der Waals surface area (Å²) in [6.07, 6.45) is 3.93. The molecule has 0 aromatic heterocycles. The Hall–Kier alpha value is -0.120. The molecule has 0 bridgehead atoms. The molecule has 0 aromatic carbocycles. The van der Waals surface area contributed by atoms with E-state index in [2.05, 4.69) is 22.5 Å². The van der Waals surface area contributed by atoms with Gasteiger partial charge in [0.15, 0.2) is 0 Å². The second-order valence-electron chi connectivity index (χ2n) is 4.07. The number of hydrogen-bond acceptors (Lipinski definition) is 3. The van der Waals surface area contributed by atoms with Gasteiger partial charge in [-0.15, -0.1) is 0 Å². The van der Waals surface area contributed by atoms with Gasteiger partial charge in [-0.3, -0.25) is 0 Å². The molecule has 1 heterocycles. The van der Waals surface area contributed by atoms with Gasteiger partial charge in [-0.25, -0.2) is 0 Å². The van der Waals surface area contributed by atoms with Crippen LogP contribution >= 0.6 is 0 Å². The highest BCUT2D eigenvalue weighted by Crippen LogP contribution is 2.11. The molecule has 0 saturated carbocycles. The maximum Gasteiger partial charge on any atom is 0.0119 e. The fourth-order valence-corrected chi connectivity index (χ4v) is 2.23. The zero-order valence-corrected chi connectivity index (χ0v) is 9.68. The van der Waals surface area contributed by atoms with Crippen molar-refractivity contribution in [1.82, 2.24) is 15.5 Å². The zero-order chi connectivity index (χ0) is 10.2. The van der Waals surface area contributed by atoms with Crippen molar-refractivity contribution in [3.05, 3.63) is 0 Å². The third-order valence-corrected chi connectivity index (χ3v) is 3.10. The minimum atomic E-state index is 0.832. The summed E-state index contributed by atoms with van der Waals surface area (Å²) in [7, 11) is 2.03. The van der Waals surface area contributed by atoms with E-state index in [-0.39, 0.29) is 0 Å². The smallest absolute Gasteiger partial charge is 0.0119 e. The molecule has 1 fully saturated rings. The lowest BCUT2D eigenvalue weighted by molar-refractivity contribution is 0.168. The van der Waals surface area contributed by atoms with Crippen molar-refractivity contribution in [2.45, 2.75) is 32.2 Å². The second-order valence-corrected chi connectivity index (χ2v) is 4.07. The van der Waals surface area contributed by atoms with Gasteiger partial charge in [-0.05, 0) is 59.0 Å². The fourth-order valence-electron chi connectivity index (χ4n) is 2.23. The molecule has 1 aliphatic rings. The summed E-state index contributed by atoms with van der Waals surface area (Å²) in [5.74, 6) is 0. The van der Waals surface area contributed by atoms with E-state index in [0.29, 0.717) is 0 Å². The van der Waals surface area contributed by atoms with Crippen LogP contribution in [0.25, 0.3) is 0 Å². The molecule has 1 rings (SSSR count). The fraction of sp³-hybridized carbons (Fsp3) is 1.00. The predicted octanol–water partition coefficient (Wildman–Crippen LogP) is 0.670. The van der Waals surface area contributed by atoms with E-state index in [0.717, 1.165) is 12.6 Å². The summed E-state index contributed by atoms with van der Waals surface area (Å²) in [6.45, 7) is 8.28. The maximum atomic E-state index is 3.42. The van der Waals surface area contributed by atoms with Crippen LogP contribution in [0.15, 0.2) is 0 Å². The summed E-state index contributed by atoms with van der Waals surface area (Å²) in [6, 6.07) is 0.832. The molecule has 3 nitrogen and oxygen atoms in total. The molecule has 2 N–H and O–H groups in total. The largest absolute Gasteiger partial charge is 0.320 e. The van der Waals surface area contributed by atoms with Gasteiger partial charge in [-0.2, -0.15) is 0 Å². The topological polar surface area (TPSA) is 27.3 Å². The Morgan fingerprint density at radius 1 is 1.36 bits per heavy atom. The van der Waals surface area contributed by atoms with Crippen LogP contribution in [0, 0.1) is 0 Å². The molecule has 84 valence electrons. The van der Waals surface area contributed by atoms with E-state index in [4.69, 9.17) is 0 Å². The molecule has 1 saturated heterocycles. The molecule has 0 radical (unpaired) electrons. The minimum absolute atomic E-state index is 0.832. The van der Waals surface area contributed by atoms with Crippen molar-refractivity contribution in [2.24, 2.45) is 0 Å². The Labute approximate surface area is 88.2 Å². The highest BCUT2D eigenvalue weighted by atomic mass is 15.2. The lowest BCUT2D eigenvalue weighted by Crippen LogP contribution is -2.43. The number of nitrogens with one attached hydrogen (secondary N) is 2. The first-order chi connectivity index (χ1) is 6.88. The highest BCUT2D eigenvalue weighted by Gasteiger charge is 2.18. The Balaban J connectivity index is 2.21. The van der Waals surface area contributed by atoms with Crippen molar-refractivity contribution in [3.8, 4) is 0 Å². The number of nitrogens with zero attached hydrogens (tertiary/aromatic N) is 1. The molecule has 1 aliphatic heterocycles. The van der Waals surface area contributed by atoms with Crippen molar-refractivity contribution in [3.63, 3.8) is 0 Å². The lowest BCUT2D eigenvalue weighted by atomic mass is 10.0. The summed E-state index contributed by atoms with van der Waals surface area (Å²) in [5.41, 5.74) is 0. The average molecular weight is 199 g/mol. The Kier molecular flexibility index (Phi) is 6.15. The first-order valence-corrected chi connectivity index (χ1v) is 5.97. The Morgan fingerprint density at radius 3 is 2.64 bits per heavy atom. The first-order valence-electron chi connectivity index (χ1n) is 5.97. The van der Waals surface area contributed by atoms with Crippen molar-refractivity contribution in [1.29, 1.82) is 0 Å². The minimum Gasteiger partial charge on any atom is -0.320 e. The average Bonchev–Trinajstić information content (AvgIpc) is 2.26. The van der Waals surface area contributed by atoms with E-state index in [9.17, 15) is 0 Å². The summed E-state index contributed by atoms with van der Waals surface area (Å²) >= 11 is 0. The molecule has 3 heteroatoms.